The van der Waals surface area contributed by atoms with Gasteiger partial charge in [-0.15, -0.1) is 0 Å². The molecule has 3 N–H and O–H groups in total. The molecule has 1 rings (SSSR count). The Morgan fingerprint density at radius 1 is 1.16 bits per heavy atom. The summed E-state index contributed by atoms with van der Waals surface area (Å²) >= 11 is 0. The molecule has 0 saturated heterocycles. The monoisotopic (exact) mass is 268 g/mol. The third-order valence-corrected chi connectivity index (χ3v) is 1.84. The standard InChI is InChI=1S/C11H15NO.2C2H6.CH5N/c1-4-13-11-7-8(2)5-6-10(11)9(3)12;3*1-2/h5-7,12H,4H2,1-3H3;2*1-2H3;2H2,1H3. The molecule has 0 aliphatic heterocycles. The summed E-state index contributed by atoms with van der Waals surface area (Å²) in [5, 5.41) is 7.55. The summed E-state index contributed by atoms with van der Waals surface area (Å²) < 4.78 is 5.44. The molecule has 0 unspecified atom stereocenters. The third kappa shape index (κ3) is 10.3. The van der Waals surface area contributed by atoms with Gasteiger partial charge in [-0.3, -0.25) is 0 Å². The third-order valence-electron chi connectivity index (χ3n) is 1.84. The van der Waals surface area contributed by atoms with Gasteiger partial charge in [0.25, 0.3) is 0 Å². The summed E-state index contributed by atoms with van der Waals surface area (Å²) in [6.45, 7) is 14.4. The Morgan fingerprint density at radius 2 is 1.63 bits per heavy atom. The van der Waals surface area contributed by atoms with Crippen molar-refractivity contribution >= 4 is 5.71 Å². The zero-order chi connectivity index (χ0) is 15.8. The molecule has 0 aliphatic rings. The van der Waals surface area contributed by atoms with Gasteiger partial charge in [-0.05, 0) is 45.5 Å². The highest BCUT2D eigenvalue weighted by molar-refractivity contribution is 5.98. The van der Waals surface area contributed by atoms with Crippen LogP contribution in [0.1, 0.15) is 52.7 Å². The van der Waals surface area contributed by atoms with E-state index in [2.05, 4.69) is 5.73 Å². The van der Waals surface area contributed by atoms with E-state index < -0.39 is 0 Å². The van der Waals surface area contributed by atoms with E-state index in [9.17, 15) is 0 Å². The van der Waals surface area contributed by atoms with Gasteiger partial charge in [0.1, 0.15) is 5.75 Å². The summed E-state index contributed by atoms with van der Waals surface area (Å²) in [5.74, 6) is 0.815. The highest BCUT2D eigenvalue weighted by Crippen LogP contribution is 2.20. The topological polar surface area (TPSA) is 59.1 Å². The Hall–Kier alpha value is -1.35. The van der Waals surface area contributed by atoms with E-state index in [0.29, 0.717) is 12.3 Å². The average molecular weight is 268 g/mol. The molecule has 3 heteroatoms. The van der Waals surface area contributed by atoms with E-state index >= 15 is 0 Å². The van der Waals surface area contributed by atoms with Crippen LogP contribution in [0, 0.1) is 12.3 Å². The lowest BCUT2D eigenvalue weighted by atomic mass is 10.1. The van der Waals surface area contributed by atoms with Crippen molar-refractivity contribution in [2.24, 2.45) is 5.73 Å². The summed E-state index contributed by atoms with van der Waals surface area (Å²) in [6.07, 6.45) is 0. The van der Waals surface area contributed by atoms with Crippen molar-refractivity contribution in [3.05, 3.63) is 29.3 Å². The fourth-order valence-electron chi connectivity index (χ4n) is 1.21. The van der Waals surface area contributed by atoms with Gasteiger partial charge < -0.3 is 15.9 Å². The lowest BCUT2D eigenvalue weighted by Crippen LogP contribution is -2.00. The number of hydrogen-bond acceptors (Lipinski definition) is 3. The van der Waals surface area contributed by atoms with Crippen molar-refractivity contribution in [2.45, 2.75) is 48.5 Å². The number of benzene rings is 1. The van der Waals surface area contributed by atoms with Crippen molar-refractivity contribution in [2.75, 3.05) is 13.7 Å². The number of aryl methyl sites for hydroxylation is 1. The molecule has 0 fully saturated rings. The predicted molar refractivity (Wildman–Crippen MR) is 87.7 cm³/mol. The Labute approximate surface area is 119 Å². The molecule has 0 aromatic heterocycles. The van der Waals surface area contributed by atoms with Gasteiger partial charge in [0.2, 0.25) is 0 Å². The van der Waals surface area contributed by atoms with E-state index in [0.717, 1.165) is 16.9 Å². The molecule has 0 saturated carbocycles. The normalized spacial score (nSPS) is 7.63. The second kappa shape index (κ2) is 16.6. The van der Waals surface area contributed by atoms with Crippen molar-refractivity contribution in [1.82, 2.24) is 0 Å². The summed E-state index contributed by atoms with van der Waals surface area (Å²) in [6, 6.07) is 5.90. The number of hydrogen-bond donors (Lipinski definition) is 2. The second-order valence-electron chi connectivity index (χ2n) is 3.06. The van der Waals surface area contributed by atoms with Gasteiger partial charge in [0.15, 0.2) is 0 Å². The molecule has 0 heterocycles. The number of ether oxygens (including phenoxy) is 1. The van der Waals surface area contributed by atoms with E-state index in [1.807, 2.05) is 59.7 Å². The maximum absolute atomic E-state index is 7.55. The van der Waals surface area contributed by atoms with Crippen LogP contribution in [-0.2, 0) is 0 Å². The second-order valence-corrected chi connectivity index (χ2v) is 3.06. The molecule has 1 aromatic carbocycles. The van der Waals surface area contributed by atoms with Crippen LogP contribution < -0.4 is 10.5 Å². The largest absolute Gasteiger partial charge is 0.493 e. The van der Waals surface area contributed by atoms with Gasteiger partial charge in [-0.1, -0.05) is 33.8 Å². The minimum absolute atomic E-state index is 0.545. The minimum Gasteiger partial charge on any atom is -0.493 e. The van der Waals surface area contributed by atoms with Crippen LogP contribution in [0.2, 0.25) is 0 Å². The van der Waals surface area contributed by atoms with Gasteiger partial charge in [-0.25, -0.2) is 0 Å². The smallest absolute Gasteiger partial charge is 0.128 e. The first-order valence-corrected chi connectivity index (χ1v) is 7.02. The maximum atomic E-state index is 7.55. The fourth-order valence-corrected chi connectivity index (χ4v) is 1.21. The van der Waals surface area contributed by atoms with Crippen LogP contribution >= 0.6 is 0 Å². The Morgan fingerprint density at radius 3 is 2.00 bits per heavy atom. The van der Waals surface area contributed by atoms with E-state index in [1.165, 1.54) is 7.05 Å². The molecule has 1 aromatic rings. The Kier molecular flexibility index (Phi) is 20.0. The van der Waals surface area contributed by atoms with Crippen LogP contribution in [0.5, 0.6) is 5.75 Å². The van der Waals surface area contributed by atoms with Crippen LogP contribution in [-0.4, -0.2) is 19.4 Å². The van der Waals surface area contributed by atoms with Gasteiger partial charge >= 0.3 is 0 Å². The van der Waals surface area contributed by atoms with Crippen LogP contribution in [0.4, 0.5) is 0 Å². The van der Waals surface area contributed by atoms with Crippen molar-refractivity contribution in [3.8, 4) is 5.75 Å². The number of rotatable bonds is 3. The molecule has 112 valence electrons. The highest BCUT2D eigenvalue weighted by Gasteiger charge is 2.04. The molecule has 0 amide bonds. The first kappa shape index (κ1) is 22.8. The molecule has 3 nitrogen and oxygen atoms in total. The zero-order valence-electron chi connectivity index (χ0n) is 13.9. The fraction of sp³-hybridized carbons (Fsp3) is 0.562. The summed E-state index contributed by atoms with van der Waals surface area (Å²) in [4.78, 5) is 0. The van der Waals surface area contributed by atoms with Gasteiger partial charge in [0, 0.05) is 11.3 Å². The quantitative estimate of drug-likeness (QED) is 0.798. The lowest BCUT2D eigenvalue weighted by Gasteiger charge is -2.09. The van der Waals surface area contributed by atoms with Gasteiger partial charge in [-0.2, -0.15) is 0 Å². The average Bonchev–Trinajstić information content (AvgIpc) is 2.45. The van der Waals surface area contributed by atoms with Crippen molar-refractivity contribution in [3.63, 3.8) is 0 Å². The first-order valence-electron chi connectivity index (χ1n) is 7.02. The lowest BCUT2D eigenvalue weighted by molar-refractivity contribution is 0.339. The van der Waals surface area contributed by atoms with Gasteiger partial charge in [0.05, 0.1) is 6.61 Å². The molecule has 0 aliphatic carbocycles. The van der Waals surface area contributed by atoms with Crippen LogP contribution in [0.3, 0.4) is 0 Å². The van der Waals surface area contributed by atoms with E-state index in [1.54, 1.807) is 6.92 Å². The maximum Gasteiger partial charge on any atom is 0.128 e. The SMILES string of the molecule is CC.CC.CCOc1cc(C)ccc1C(C)=N.CN. The molecule has 0 radical (unpaired) electrons. The highest BCUT2D eigenvalue weighted by atomic mass is 16.5. The Balaban J connectivity index is -0.000000375. The summed E-state index contributed by atoms with van der Waals surface area (Å²) in [7, 11) is 1.50. The molecular weight excluding hydrogens is 236 g/mol. The molecule has 19 heavy (non-hydrogen) atoms. The van der Waals surface area contributed by atoms with Crippen LogP contribution in [0.15, 0.2) is 18.2 Å². The zero-order valence-corrected chi connectivity index (χ0v) is 13.9. The molecule has 0 spiro atoms. The first-order chi connectivity index (χ1) is 9.15. The van der Waals surface area contributed by atoms with E-state index in [4.69, 9.17) is 10.1 Å². The predicted octanol–water partition coefficient (Wildman–Crippen LogP) is 4.41. The summed E-state index contributed by atoms with van der Waals surface area (Å²) in [5.41, 5.74) is 7.09. The van der Waals surface area contributed by atoms with Crippen LogP contribution in [0.25, 0.3) is 0 Å². The number of nitrogens with two attached hydrogens (primary N) is 1. The number of nitrogens with one attached hydrogen (secondary N) is 1. The van der Waals surface area contributed by atoms with Crippen molar-refractivity contribution in [1.29, 1.82) is 5.41 Å². The van der Waals surface area contributed by atoms with E-state index in [-0.39, 0.29) is 0 Å². The Bertz CT molecular complexity index is 323. The molecular formula is C16H32N2O. The minimum atomic E-state index is 0.545. The molecule has 0 atom stereocenters. The van der Waals surface area contributed by atoms with Crippen molar-refractivity contribution < 1.29 is 4.74 Å². The molecule has 0 bridgehead atoms.